The number of anilines is 3. The normalized spacial score (nSPS) is 11.3. The second-order valence-electron chi connectivity index (χ2n) is 13.2. The maximum atomic E-state index is 6.55. The van der Waals surface area contributed by atoms with Crippen LogP contribution in [-0.2, 0) is 0 Å². The zero-order chi connectivity index (χ0) is 35.8. The summed E-state index contributed by atoms with van der Waals surface area (Å²) in [5.74, 6) is 1.85. The molecule has 2 heterocycles. The summed E-state index contributed by atoms with van der Waals surface area (Å²) >= 11 is 0. The quantitative estimate of drug-likeness (QED) is 0.166. The van der Waals surface area contributed by atoms with E-state index in [9.17, 15) is 0 Å². The number of hydrogen-bond acceptors (Lipinski definition) is 5. The molecule has 0 aliphatic heterocycles. The fraction of sp³-hybridized carbons (Fsp3) is 0. The van der Waals surface area contributed by atoms with Gasteiger partial charge in [0.25, 0.3) is 0 Å². The molecule has 0 bridgehead atoms. The minimum atomic E-state index is 0.602. The third kappa shape index (κ3) is 5.65. The van der Waals surface area contributed by atoms with Crippen LogP contribution < -0.4 is 4.90 Å². The number of para-hydroxylation sites is 1. The van der Waals surface area contributed by atoms with E-state index in [0.717, 1.165) is 66.8 Å². The molecule has 0 amide bonds. The Labute approximate surface area is 312 Å². The molecule has 0 saturated carbocycles. The number of furan rings is 1. The number of benzene rings is 8. The SMILES string of the molecule is c1ccc(-c2nc(-c3ccccc3)nc(-c3cccc4oc5cc(-c6ccc(N(c7ccccc7)c7cccc8ccccc78)cc6)ccc5c34)n2)cc1. The zero-order valence-corrected chi connectivity index (χ0v) is 29.2. The molecule has 0 unspecified atom stereocenters. The molecular formula is C49H32N4O. The van der Waals surface area contributed by atoms with E-state index in [1.54, 1.807) is 0 Å². The Kier molecular flexibility index (Phi) is 7.73. The van der Waals surface area contributed by atoms with Crippen molar-refractivity contribution in [1.29, 1.82) is 0 Å². The van der Waals surface area contributed by atoms with Gasteiger partial charge in [-0.3, -0.25) is 0 Å². The topological polar surface area (TPSA) is 55.1 Å². The van der Waals surface area contributed by atoms with Crippen molar-refractivity contribution in [2.45, 2.75) is 0 Å². The van der Waals surface area contributed by atoms with Crippen LogP contribution in [-0.4, -0.2) is 15.0 Å². The van der Waals surface area contributed by atoms with Crippen LogP contribution in [0.2, 0.25) is 0 Å². The molecule has 0 N–H and O–H groups in total. The molecule has 0 radical (unpaired) electrons. The van der Waals surface area contributed by atoms with E-state index < -0.39 is 0 Å². The van der Waals surface area contributed by atoms with Crippen LogP contribution in [0.4, 0.5) is 17.1 Å². The predicted octanol–water partition coefficient (Wildman–Crippen LogP) is 13.1. The summed E-state index contributed by atoms with van der Waals surface area (Å²) in [6, 6.07) is 66.9. The van der Waals surface area contributed by atoms with Crippen LogP contribution >= 0.6 is 0 Å². The van der Waals surface area contributed by atoms with Gasteiger partial charge in [0, 0.05) is 44.2 Å². The van der Waals surface area contributed by atoms with Gasteiger partial charge in [-0.05, 0) is 65.0 Å². The fourth-order valence-corrected chi connectivity index (χ4v) is 7.33. The van der Waals surface area contributed by atoms with Gasteiger partial charge in [0.15, 0.2) is 17.5 Å². The Morgan fingerprint density at radius 2 is 0.944 bits per heavy atom. The summed E-state index contributed by atoms with van der Waals surface area (Å²) in [6.45, 7) is 0. The van der Waals surface area contributed by atoms with Gasteiger partial charge in [0.1, 0.15) is 11.2 Å². The second kappa shape index (κ2) is 13.3. The van der Waals surface area contributed by atoms with Crippen LogP contribution in [0.1, 0.15) is 0 Å². The minimum absolute atomic E-state index is 0.602. The molecule has 0 fully saturated rings. The maximum absolute atomic E-state index is 6.55. The Hall–Kier alpha value is -7.37. The van der Waals surface area contributed by atoms with Gasteiger partial charge < -0.3 is 9.32 Å². The number of aromatic nitrogens is 3. The average Bonchev–Trinajstić information content (AvgIpc) is 3.63. The fourth-order valence-electron chi connectivity index (χ4n) is 7.33. The summed E-state index contributed by atoms with van der Waals surface area (Å²) in [6.07, 6.45) is 0. The lowest BCUT2D eigenvalue weighted by molar-refractivity contribution is 0.669. The highest BCUT2D eigenvalue weighted by Crippen LogP contribution is 2.41. The van der Waals surface area contributed by atoms with Gasteiger partial charge in [0.2, 0.25) is 0 Å². The Morgan fingerprint density at radius 3 is 1.67 bits per heavy atom. The van der Waals surface area contributed by atoms with Crippen LogP contribution in [0, 0.1) is 0 Å². The molecule has 0 aliphatic rings. The first kappa shape index (κ1) is 31.4. The Bertz CT molecular complexity index is 2860. The summed E-state index contributed by atoms with van der Waals surface area (Å²) in [4.78, 5) is 17.2. The van der Waals surface area contributed by atoms with E-state index in [2.05, 4.69) is 126 Å². The number of nitrogens with zero attached hydrogens (tertiary/aromatic N) is 4. The highest BCUT2D eigenvalue weighted by atomic mass is 16.3. The zero-order valence-electron chi connectivity index (χ0n) is 29.2. The Balaban J connectivity index is 1.05. The van der Waals surface area contributed by atoms with Crippen molar-refractivity contribution in [3.05, 3.63) is 194 Å². The molecule has 254 valence electrons. The lowest BCUT2D eigenvalue weighted by atomic mass is 10.0. The van der Waals surface area contributed by atoms with Gasteiger partial charge in [-0.1, -0.05) is 146 Å². The summed E-state index contributed by atoms with van der Waals surface area (Å²) in [5, 5.41) is 4.40. The molecule has 10 rings (SSSR count). The van der Waals surface area contributed by atoms with Crippen molar-refractivity contribution in [2.75, 3.05) is 4.90 Å². The summed E-state index contributed by atoms with van der Waals surface area (Å²) in [5.41, 5.74) is 9.85. The van der Waals surface area contributed by atoms with E-state index in [-0.39, 0.29) is 0 Å². The molecule has 0 spiro atoms. The van der Waals surface area contributed by atoms with E-state index in [4.69, 9.17) is 19.4 Å². The lowest BCUT2D eigenvalue weighted by Gasteiger charge is -2.27. The monoisotopic (exact) mass is 692 g/mol. The number of fused-ring (bicyclic) bond motifs is 4. The second-order valence-corrected chi connectivity index (χ2v) is 13.2. The van der Waals surface area contributed by atoms with Gasteiger partial charge in [-0.2, -0.15) is 0 Å². The summed E-state index contributed by atoms with van der Waals surface area (Å²) in [7, 11) is 0. The van der Waals surface area contributed by atoms with Gasteiger partial charge in [0.05, 0.1) is 5.69 Å². The van der Waals surface area contributed by atoms with Crippen molar-refractivity contribution in [3.8, 4) is 45.3 Å². The Morgan fingerprint density at radius 1 is 0.370 bits per heavy atom. The standard InChI is InChI=1S/C49H32N4O/c1-4-15-35(16-5-1)47-50-48(36-17-6-2-7-18-36)52-49(51-47)42-23-13-25-44-46(42)41-31-28-37(32-45(41)54-44)33-26-29-39(30-27-33)53(38-20-8-3-9-21-38)43-24-12-19-34-14-10-11-22-40(34)43/h1-32H. The molecule has 8 aromatic carbocycles. The van der Waals surface area contributed by atoms with Crippen LogP contribution in [0.25, 0.3) is 78.0 Å². The largest absolute Gasteiger partial charge is 0.456 e. The maximum Gasteiger partial charge on any atom is 0.164 e. The average molecular weight is 693 g/mol. The van der Waals surface area contributed by atoms with E-state index in [1.807, 2.05) is 72.8 Å². The lowest BCUT2D eigenvalue weighted by Crippen LogP contribution is -2.10. The molecule has 0 saturated heterocycles. The first-order valence-electron chi connectivity index (χ1n) is 18.0. The third-order valence-electron chi connectivity index (χ3n) is 9.92. The molecule has 0 atom stereocenters. The van der Waals surface area contributed by atoms with Gasteiger partial charge in [-0.15, -0.1) is 0 Å². The molecule has 5 heteroatoms. The van der Waals surface area contributed by atoms with Crippen LogP contribution in [0.15, 0.2) is 199 Å². The molecular weight excluding hydrogens is 661 g/mol. The van der Waals surface area contributed by atoms with Gasteiger partial charge >= 0.3 is 0 Å². The minimum Gasteiger partial charge on any atom is -0.456 e. The highest BCUT2D eigenvalue weighted by molar-refractivity contribution is 6.12. The van der Waals surface area contributed by atoms with Crippen LogP contribution in [0.3, 0.4) is 0 Å². The first-order chi connectivity index (χ1) is 26.8. The smallest absolute Gasteiger partial charge is 0.164 e. The van der Waals surface area contributed by atoms with Crippen molar-refractivity contribution in [2.24, 2.45) is 0 Å². The third-order valence-corrected chi connectivity index (χ3v) is 9.92. The summed E-state index contributed by atoms with van der Waals surface area (Å²) < 4.78 is 6.55. The predicted molar refractivity (Wildman–Crippen MR) is 221 cm³/mol. The molecule has 2 aromatic heterocycles. The van der Waals surface area contributed by atoms with Crippen molar-refractivity contribution in [1.82, 2.24) is 15.0 Å². The van der Waals surface area contributed by atoms with Gasteiger partial charge in [-0.25, -0.2) is 15.0 Å². The van der Waals surface area contributed by atoms with Crippen molar-refractivity contribution >= 4 is 49.8 Å². The highest BCUT2D eigenvalue weighted by Gasteiger charge is 2.19. The van der Waals surface area contributed by atoms with E-state index in [1.165, 1.54) is 10.8 Å². The molecule has 54 heavy (non-hydrogen) atoms. The molecule has 10 aromatic rings. The van der Waals surface area contributed by atoms with E-state index in [0.29, 0.717) is 17.5 Å². The van der Waals surface area contributed by atoms with Crippen molar-refractivity contribution in [3.63, 3.8) is 0 Å². The first-order valence-corrected chi connectivity index (χ1v) is 18.0. The molecule has 0 aliphatic carbocycles. The number of rotatable bonds is 7. The molecule has 5 nitrogen and oxygen atoms in total. The van der Waals surface area contributed by atoms with Crippen molar-refractivity contribution < 1.29 is 4.42 Å². The number of hydrogen-bond donors (Lipinski definition) is 0. The van der Waals surface area contributed by atoms with E-state index >= 15 is 0 Å². The van der Waals surface area contributed by atoms with Crippen LogP contribution in [0.5, 0.6) is 0 Å².